The lowest BCUT2D eigenvalue weighted by molar-refractivity contribution is 0.0968. The van der Waals surface area contributed by atoms with Gasteiger partial charge in [-0.2, -0.15) is 0 Å². The van der Waals surface area contributed by atoms with Crippen LogP contribution in [0.4, 0.5) is 5.13 Å². The summed E-state index contributed by atoms with van der Waals surface area (Å²) in [5.41, 5.74) is 0.756. The summed E-state index contributed by atoms with van der Waals surface area (Å²) in [4.78, 5) is 19.8. The number of fused-ring (bicyclic) bond motifs is 1. The van der Waals surface area contributed by atoms with Crippen molar-refractivity contribution in [1.29, 1.82) is 0 Å². The predicted molar refractivity (Wildman–Crippen MR) is 70.0 cm³/mol. The quantitative estimate of drug-likeness (QED) is 0.827. The SMILES string of the molecule is CC(C1CC1)N(C)c1nc2c(s1)CCCC2=O. The van der Waals surface area contributed by atoms with Gasteiger partial charge in [-0.1, -0.05) is 0 Å². The van der Waals surface area contributed by atoms with E-state index in [2.05, 4.69) is 23.9 Å². The molecule has 0 saturated heterocycles. The van der Waals surface area contributed by atoms with Crippen LogP contribution in [0.15, 0.2) is 0 Å². The van der Waals surface area contributed by atoms with Crippen LogP contribution in [0, 0.1) is 5.92 Å². The van der Waals surface area contributed by atoms with Crippen LogP contribution < -0.4 is 4.90 Å². The fourth-order valence-corrected chi connectivity index (χ4v) is 3.64. The monoisotopic (exact) mass is 250 g/mol. The van der Waals surface area contributed by atoms with Crippen molar-refractivity contribution < 1.29 is 4.79 Å². The molecule has 17 heavy (non-hydrogen) atoms. The Morgan fingerprint density at radius 3 is 2.82 bits per heavy atom. The molecule has 1 aromatic heterocycles. The number of Topliss-reactive ketones (excluding diaryl/α,β-unsaturated/α-hetero) is 1. The second kappa shape index (κ2) is 4.09. The fraction of sp³-hybridized carbons (Fsp3) is 0.692. The molecule has 1 aromatic rings. The zero-order chi connectivity index (χ0) is 12.0. The molecule has 0 bridgehead atoms. The first-order valence-electron chi connectivity index (χ1n) is 6.42. The molecule has 0 aromatic carbocycles. The van der Waals surface area contributed by atoms with E-state index in [9.17, 15) is 4.79 Å². The van der Waals surface area contributed by atoms with Gasteiger partial charge in [0.25, 0.3) is 0 Å². The Morgan fingerprint density at radius 1 is 1.41 bits per heavy atom. The number of rotatable bonds is 3. The molecule has 1 atom stereocenters. The number of carbonyl (C=O) groups excluding carboxylic acids is 1. The fourth-order valence-electron chi connectivity index (χ4n) is 2.47. The Labute approximate surface area is 106 Å². The van der Waals surface area contributed by atoms with Crippen LogP contribution in [-0.2, 0) is 6.42 Å². The third kappa shape index (κ3) is 1.99. The average molecular weight is 250 g/mol. The third-order valence-corrected chi connectivity index (χ3v) is 5.18. The van der Waals surface area contributed by atoms with Crippen LogP contribution in [0.2, 0.25) is 0 Å². The molecule has 0 aliphatic heterocycles. The van der Waals surface area contributed by atoms with Gasteiger partial charge in [0.15, 0.2) is 10.9 Å². The molecular weight excluding hydrogens is 232 g/mol. The molecule has 0 radical (unpaired) electrons. The van der Waals surface area contributed by atoms with Crippen molar-refractivity contribution in [2.24, 2.45) is 5.92 Å². The summed E-state index contributed by atoms with van der Waals surface area (Å²) >= 11 is 1.71. The van der Waals surface area contributed by atoms with Crippen LogP contribution in [-0.4, -0.2) is 23.9 Å². The summed E-state index contributed by atoms with van der Waals surface area (Å²) in [5, 5.41) is 1.03. The van der Waals surface area contributed by atoms with Gasteiger partial charge in [0.05, 0.1) is 0 Å². The Balaban J connectivity index is 1.85. The first-order chi connectivity index (χ1) is 8.16. The Hall–Kier alpha value is -0.900. The van der Waals surface area contributed by atoms with E-state index in [1.54, 1.807) is 11.3 Å². The maximum absolute atomic E-state index is 11.8. The molecule has 1 saturated carbocycles. The highest BCUT2D eigenvalue weighted by Crippen LogP contribution is 2.38. The van der Waals surface area contributed by atoms with Crippen LogP contribution in [0.3, 0.4) is 0 Å². The predicted octanol–water partition coefficient (Wildman–Crippen LogP) is 2.90. The number of aromatic nitrogens is 1. The highest BCUT2D eigenvalue weighted by Gasteiger charge is 2.32. The van der Waals surface area contributed by atoms with Gasteiger partial charge in [0.2, 0.25) is 0 Å². The molecular formula is C13H18N2OS. The normalized spacial score (nSPS) is 21.2. The minimum Gasteiger partial charge on any atom is -0.348 e. The van der Waals surface area contributed by atoms with Gasteiger partial charge in [-0.25, -0.2) is 4.98 Å². The number of aryl methyl sites for hydroxylation is 1. The van der Waals surface area contributed by atoms with E-state index < -0.39 is 0 Å². The van der Waals surface area contributed by atoms with E-state index in [4.69, 9.17) is 0 Å². The Bertz CT molecular complexity index is 450. The number of thiazole rings is 1. The van der Waals surface area contributed by atoms with Crippen molar-refractivity contribution >= 4 is 22.3 Å². The first-order valence-corrected chi connectivity index (χ1v) is 7.24. The highest BCUT2D eigenvalue weighted by atomic mass is 32.1. The molecule has 1 unspecified atom stereocenters. The van der Waals surface area contributed by atoms with Crippen LogP contribution in [0.5, 0.6) is 0 Å². The van der Waals surface area contributed by atoms with Crippen molar-refractivity contribution in [3.8, 4) is 0 Å². The van der Waals surface area contributed by atoms with E-state index in [1.807, 2.05) is 0 Å². The summed E-state index contributed by atoms with van der Waals surface area (Å²) in [6, 6.07) is 0.553. The number of nitrogens with zero attached hydrogens (tertiary/aromatic N) is 2. The molecule has 0 N–H and O–H groups in total. The number of carbonyl (C=O) groups is 1. The largest absolute Gasteiger partial charge is 0.348 e. The van der Waals surface area contributed by atoms with Crippen LogP contribution in [0.25, 0.3) is 0 Å². The smallest absolute Gasteiger partial charge is 0.186 e. The van der Waals surface area contributed by atoms with E-state index >= 15 is 0 Å². The highest BCUT2D eigenvalue weighted by molar-refractivity contribution is 7.16. The molecule has 3 nitrogen and oxygen atoms in total. The van der Waals surface area contributed by atoms with Crippen molar-refractivity contribution in [2.45, 2.75) is 45.1 Å². The van der Waals surface area contributed by atoms with Crippen LogP contribution in [0.1, 0.15) is 48.0 Å². The maximum Gasteiger partial charge on any atom is 0.186 e. The van der Waals surface area contributed by atoms with E-state index in [0.29, 0.717) is 12.5 Å². The van der Waals surface area contributed by atoms with E-state index in [-0.39, 0.29) is 5.78 Å². The minimum absolute atomic E-state index is 0.237. The maximum atomic E-state index is 11.8. The molecule has 92 valence electrons. The minimum atomic E-state index is 0.237. The molecule has 2 aliphatic carbocycles. The van der Waals surface area contributed by atoms with Crippen LogP contribution >= 0.6 is 11.3 Å². The summed E-state index contributed by atoms with van der Waals surface area (Å²) in [6.45, 7) is 2.26. The first kappa shape index (κ1) is 11.2. The van der Waals surface area contributed by atoms with E-state index in [1.165, 1.54) is 17.7 Å². The van der Waals surface area contributed by atoms with Gasteiger partial charge < -0.3 is 4.90 Å². The zero-order valence-corrected chi connectivity index (χ0v) is 11.2. The molecule has 3 rings (SSSR count). The molecule has 2 aliphatic rings. The molecule has 4 heteroatoms. The van der Waals surface area contributed by atoms with Crippen molar-refractivity contribution in [3.63, 3.8) is 0 Å². The zero-order valence-electron chi connectivity index (χ0n) is 10.4. The topological polar surface area (TPSA) is 33.2 Å². The second-order valence-electron chi connectivity index (χ2n) is 5.23. The Kier molecular flexibility index (Phi) is 2.69. The molecule has 1 fully saturated rings. The lowest BCUT2D eigenvalue weighted by Gasteiger charge is -2.23. The van der Waals surface area contributed by atoms with Gasteiger partial charge in [-0.15, -0.1) is 11.3 Å². The van der Waals surface area contributed by atoms with Gasteiger partial charge >= 0.3 is 0 Å². The standard InChI is InChI=1S/C13H18N2OS/c1-8(9-6-7-9)15(2)13-14-12-10(16)4-3-5-11(12)17-13/h8-9H,3-7H2,1-2H3. The molecule has 0 amide bonds. The average Bonchev–Trinajstić information content (AvgIpc) is 3.07. The summed E-state index contributed by atoms with van der Waals surface area (Å²) < 4.78 is 0. The van der Waals surface area contributed by atoms with Crippen molar-refractivity contribution in [3.05, 3.63) is 10.6 Å². The number of anilines is 1. The van der Waals surface area contributed by atoms with Gasteiger partial charge in [0.1, 0.15) is 5.69 Å². The third-order valence-electron chi connectivity index (χ3n) is 3.97. The number of hydrogen-bond acceptors (Lipinski definition) is 4. The number of hydrogen-bond donors (Lipinski definition) is 0. The van der Waals surface area contributed by atoms with Crippen molar-refractivity contribution in [2.75, 3.05) is 11.9 Å². The second-order valence-corrected chi connectivity index (χ2v) is 6.30. The van der Waals surface area contributed by atoms with Gasteiger partial charge in [-0.05, 0) is 38.5 Å². The number of ketones is 1. The van der Waals surface area contributed by atoms with Gasteiger partial charge in [0, 0.05) is 24.4 Å². The molecule has 0 spiro atoms. The summed E-state index contributed by atoms with van der Waals surface area (Å²) in [6.07, 6.45) is 5.39. The molecule has 1 heterocycles. The lowest BCUT2D eigenvalue weighted by Crippen LogP contribution is -2.30. The summed E-state index contributed by atoms with van der Waals surface area (Å²) in [5.74, 6) is 1.07. The summed E-state index contributed by atoms with van der Waals surface area (Å²) in [7, 11) is 2.11. The van der Waals surface area contributed by atoms with Gasteiger partial charge in [-0.3, -0.25) is 4.79 Å². The Morgan fingerprint density at radius 2 is 2.18 bits per heavy atom. The lowest BCUT2D eigenvalue weighted by atomic mass is 10.0. The van der Waals surface area contributed by atoms with Crippen molar-refractivity contribution in [1.82, 2.24) is 4.98 Å². The van der Waals surface area contributed by atoms with E-state index in [0.717, 1.165) is 29.6 Å².